The molecule has 2 unspecified atom stereocenters. The van der Waals surface area contributed by atoms with E-state index in [-0.39, 0.29) is 11.9 Å². The molecule has 28 heavy (non-hydrogen) atoms. The molecule has 1 aromatic rings. The second kappa shape index (κ2) is 5.89. The Morgan fingerprint density at radius 3 is 2.50 bits per heavy atom. The molecule has 0 radical (unpaired) electrons. The molecule has 150 valence electrons. The van der Waals surface area contributed by atoms with Crippen LogP contribution in [0.25, 0.3) is 0 Å². The van der Waals surface area contributed by atoms with Crippen LogP contribution in [-0.4, -0.2) is 35.8 Å². The van der Waals surface area contributed by atoms with Crippen molar-refractivity contribution in [2.24, 2.45) is 5.41 Å². The Hall–Kier alpha value is -1.73. The van der Waals surface area contributed by atoms with Gasteiger partial charge in [0, 0.05) is 17.9 Å². The Balaban J connectivity index is 1.62. The lowest BCUT2D eigenvalue weighted by Crippen LogP contribution is -2.59. The smallest absolute Gasteiger partial charge is 0.178 e. The van der Waals surface area contributed by atoms with E-state index in [1.165, 1.54) is 17.7 Å². The fourth-order valence-electron chi connectivity index (χ4n) is 5.51. The molecule has 2 aliphatic carbocycles. The monoisotopic (exact) mass is 386 g/mol. The topological polar surface area (TPSA) is 54.0 Å². The van der Waals surface area contributed by atoms with E-state index < -0.39 is 16.8 Å². The summed E-state index contributed by atoms with van der Waals surface area (Å²) in [6.45, 7) is 7.36. The quantitative estimate of drug-likeness (QED) is 0.775. The molecule has 4 aliphatic rings. The molecule has 5 nitrogen and oxygen atoms in total. The fraction of sp³-hybridized carbons (Fsp3) is 0.545. The van der Waals surface area contributed by atoms with E-state index in [9.17, 15) is 9.50 Å². The Labute approximate surface area is 164 Å². The summed E-state index contributed by atoms with van der Waals surface area (Å²) in [5.41, 5.74) is 6.25. The first-order valence-corrected chi connectivity index (χ1v) is 10.0. The van der Waals surface area contributed by atoms with Crippen molar-refractivity contribution >= 4 is 5.69 Å². The van der Waals surface area contributed by atoms with E-state index in [2.05, 4.69) is 25.3 Å². The predicted molar refractivity (Wildman–Crippen MR) is 104 cm³/mol. The van der Waals surface area contributed by atoms with Crippen molar-refractivity contribution in [2.75, 3.05) is 18.2 Å². The van der Waals surface area contributed by atoms with Gasteiger partial charge in [-0.1, -0.05) is 6.92 Å². The summed E-state index contributed by atoms with van der Waals surface area (Å²) in [6, 6.07) is 6.58. The summed E-state index contributed by atoms with van der Waals surface area (Å²) in [6.07, 6.45) is 4.12. The molecular weight excluding hydrogens is 359 g/mol. The normalized spacial score (nSPS) is 36.5. The molecule has 0 amide bonds. The van der Waals surface area contributed by atoms with Gasteiger partial charge in [-0.25, -0.2) is 9.82 Å². The van der Waals surface area contributed by atoms with Gasteiger partial charge >= 0.3 is 0 Å². The van der Waals surface area contributed by atoms with Crippen LogP contribution in [0.15, 0.2) is 47.2 Å². The third-order valence-electron chi connectivity index (χ3n) is 7.04. The number of anilines is 1. The van der Waals surface area contributed by atoms with Crippen molar-refractivity contribution in [2.45, 2.75) is 57.5 Å². The van der Waals surface area contributed by atoms with E-state index in [1.807, 2.05) is 11.9 Å². The van der Waals surface area contributed by atoms with Gasteiger partial charge in [0.25, 0.3) is 0 Å². The zero-order valence-electron chi connectivity index (χ0n) is 16.6. The highest BCUT2D eigenvalue weighted by Crippen LogP contribution is 2.61. The highest BCUT2D eigenvalue weighted by atomic mass is 19.1. The molecular formula is C22H27FN2O3. The minimum atomic E-state index is -0.922. The number of allylic oxidation sites excluding steroid dienone is 1. The maximum atomic E-state index is 13.4. The number of hydrogen-bond acceptors (Lipinski definition) is 5. The van der Waals surface area contributed by atoms with Crippen LogP contribution in [0.5, 0.6) is 0 Å². The van der Waals surface area contributed by atoms with E-state index in [1.54, 1.807) is 12.1 Å². The lowest BCUT2D eigenvalue weighted by Gasteiger charge is -2.55. The highest BCUT2D eigenvalue weighted by Gasteiger charge is 2.63. The molecule has 6 heteroatoms. The van der Waals surface area contributed by atoms with Crippen molar-refractivity contribution in [1.82, 2.24) is 5.43 Å². The zero-order chi connectivity index (χ0) is 19.7. The standard InChI is InChI=1S/C22H27FN2O3/c1-14-17-13-20(2)19(21(3,26)8-9-22(20)27-10-11-28-22)12-18(17)25(24-14)16-6-4-15(23)5-7-16/h4-7,12,14,24,26H,8-11,13H2,1-3H3/t14?,20-,21?/m0/s1. The summed E-state index contributed by atoms with van der Waals surface area (Å²) in [4.78, 5) is 0. The maximum absolute atomic E-state index is 13.4. The van der Waals surface area contributed by atoms with Gasteiger partial charge < -0.3 is 14.6 Å². The van der Waals surface area contributed by atoms with Gasteiger partial charge in [-0.15, -0.1) is 0 Å². The maximum Gasteiger partial charge on any atom is 0.178 e. The van der Waals surface area contributed by atoms with Gasteiger partial charge in [0.15, 0.2) is 5.79 Å². The molecule has 0 bridgehead atoms. The summed E-state index contributed by atoms with van der Waals surface area (Å²) in [5.74, 6) is -0.935. The van der Waals surface area contributed by atoms with Crippen LogP contribution in [0.1, 0.15) is 40.0 Å². The molecule has 5 rings (SSSR count). The average molecular weight is 386 g/mol. The first-order chi connectivity index (χ1) is 13.3. The van der Waals surface area contributed by atoms with Gasteiger partial charge in [-0.3, -0.25) is 5.01 Å². The summed E-state index contributed by atoms with van der Waals surface area (Å²) < 4.78 is 25.8. The van der Waals surface area contributed by atoms with Crippen LogP contribution in [0.4, 0.5) is 10.1 Å². The number of hydrogen-bond donors (Lipinski definition) is 2. The van der Waals surface area contributed by atoms with E-state index >= 15 is 0 Å². The largest absolute Gasteiger partial charge is 0.386 e. The molecule has 1 aromatic carbocycles. The lowest BCUT2D eigenvalue weighted by molar-refractivity contribution is -0.250. The second-order valence-electron chi connectivity index (χ2n) is 8.86. The first kappa shape index (κ1) is 18.3. The van der Waals surface area contributed by atoms with Crippen molar-refractivity contribution in [3.8, 4) is 0 Å². The molecule has 0 aromatic heterocycles. The predicted octanol–water partition coefficient (Wildman–Crippen LogP) is 3.42. The lowest BCUT2D eigenvalue weighted by atomic mass is 9.56. The number of nitrogens with one attached hydrogen (secondary N) is 1. The molecule has 1 spiro atoms. The number of nitrogens with zero attached hydrogens (tertiary/aromatic N) is 1. The van der Waals surface area contributed by atoms with Gasteiger partial charge in [0.05, 0.1) is 30.2 Å². The molecule has 2 heterocycles. The fourth-order valence-corrected chi connectivity index (χ4v) is 5.51. The van der Waals surface area contributed by atoms with Crippen LogP contribution in [0.2, 0.25) is 0 Å². The summed E-state index contributed by atoms with van der Waals surface area (Å²) in [5, 5.41) is 13.3. The molecule has 1 saturated heterocycles. The second-order valence-corrected chi connectivity index (χ2v) is 8.86. The van der Waals surface area contributed by atoms with Crippen LogP contribution < -0.4 is 10.4 Å². The number of hydrazine groups is 1. The van der Waals surface area contributed by atoms with Gasteiger partial charge in [0.1, 0.15) is 5.82 Å². The molecule has 2 fully saturated rings. The number of halogens is 1. The first-order valence-electron chi connectivity index (χ1n) is 10.0. The molecule has 2 aliphatic heterocycles. The minimum Gasteiger partial charge on any atom is -0.386 e. The third-order valence-corrected chi connectivity index (χ3v) is 7.04. The van der Waals surface area contributed by atoms with E-state index in [0.717, 1.165) is 23.4 Å². The highest BCUT2D eigenvalue weighted by molar-refractivity contribution is 5.61. The zero-order valence-corrected chi connectivity index (χ0v) is 16.6. The van der Waals surface area contributed by atoms with E-state index in [0.29, 0.717) is 26.1 Å². The summed E-state index contributed by atoms with van der Waals surface area (Å²) >= 11 is 0. The number of rotatable bonds is 1. The Morgan fingerprint density at radius 2 is 1.82 bits per heavy atom. The molecule has 1 saturated carbocycles. The Kier molecular flexibility index (Phi) is 3.85. The van der Waals surface area contributed by atoms with Gasteiger partial charge in [-0.2, -0.15) is 0 Å². The van der Waals surface area contributed by atoms with Gasteiger partial charge in [0.2, 0.25) is 0 Å². The third kappa shape index (κ3) is 2.38. The van der Waals surface area contributed by atoms with Crippen molar-refractivity contribution in [3.63, 3.8) is 0 Å². The minimum absolute atomic E-state index is 0.125. The van der Waals surface area contributed by atoms with Crippen molar-refractivity contribution in [3.05, 3.63) is 53.0 Å². The number of aliphatic hydroxyl groups is 1. The number of fused-ring (bicyclic) bond motifs is 2. The Morgan fingerprint density at radius 1 is 1.14 bits per heavy atom. The SMILES string of the molecule is CC1NN(c2ccc(F)cc2)C2=C1C[C@@]1(C)C(=C2)C(C)(O)CCC12OCCO2. The summed E-state index contributed by atoms with van der Waals surface area (Å²) in [7, 11) is 0. The number of ether oxygens (including phenoxy) is 2. The Bertz CT molecular complexity index is 870. The van der Waals surface area contributed by atoms with Crippen LogP contribution in [0, 0.1) is 11.2 Å². The van der Waals surface area contributed by atoms with Crippen LogP contribution >= 0.6 is 0 Å². The van der Waals surface area contributed by atoms with E-state index in [4.69, 9.17) is 9.47 Å². The number of benzene rings is 1. The van der Waals surface area contributed by atoms with Crippen LogP contribution in [0.3, 0.4) is 0 Å². The van der Waals surface area contributed by atoms with Crippen molar-refractivity contribution in [1.29, 1.82) is 0 Å². The average Bonchev–Trinajstić information content (AvgIpc) is 3.26. The van der Waals surface area contributed by atoms with Crippen LogP contribution in [-0.2, 0) is 9.47 Å². The molecule has 2 N–H and O–H groups in total. The van der Waals surface area contributed by atoms with Gasteiger partial charge in [-0.05, 0) is 68.2 Å². The molecule has 3 atom stereocenters. The van der Waals surface area contributed by atoms with Crippen molar-refractivity contribution < 1.29 is 19.0 Å².